The number of aromatic nitrogens is 2. The Kier molecular flexibility index (Phi) is 5.12. The zero-order valence-electron chi connectivity index (χ0n) is 14.1. The van der Waals surface area contributed by atoms with E-state index in [4.69, 9.17) is 11.6 Å². The van der Waals surface area contributed by atoms with Gasteiger partial charge < -0.3 is 5.32 Å². The molecule has 0 fully saturated rings. The first kappa shape index (κ1) is 19.8. The second-order valence-corrected chi connectivity index (χ2v) is 6.19. The largest absolute Gasteiger partial charge is 0.416 e. The number of rotatable bonds is 3. The molecule has 3 rings (SSSR count). The lowest BCUT2D eigenvalue weighted by atomic mass is 10.1. The van der Waals surface area contributed by atoms with Gasteiger partial charge in [-0.2, -0.15) is 18.3 Å². The van der Waals surface area contributed by atoms with E-state index in [-0.39, 0.29) is 22.0 Å². The van der Waals surface area contributed by atoms with Crippen molar-refractivity contribution in [2.45, 2.75) is 6.18 Å². The first-order valence-corrected chi connectivity index (χ1v) is 8.12. The summed E-state index contributed by atoms with van der Waals surface area (Å²) in [6, 6.07) is 6.98. The number of aryl methyl sites for hydroxylation is 1. The molecule has 1 N–H and O–H groups in total. The fourth-order valence-corrected chi connectivity index (χ4v) is 2.74. The Morgan fingerprint density at radius 2 is 1.75 bits per heavy atom. The molecule has 0 spiro atoms. The van der Waals surface area contributed by atoms with Crippen LogP contribution < -0.4 is 5.32 Å². The Morgan fingerprint density at radius 1 is 1.11 bits per heavy atom. The van der Waals surface area contributed by atoms with Gasteiger partial charge >= 0.3 is 6.18 Å². The third-order valence-corrected chi connectivity index (χ3v) is 4.21. The monoisotopic (exact) mass is 415 g/mol. The summed E-state index contributed by atoms with van der Waals surface area (Å²) >= 11 is 6.00. The molecule has 4 nitrogen and oxygen atoms in total. The summed E-state index contributed by atoms with van der Waals surface area (Å²) in [6.45, 7) is 0. The summed E-state index contributed by atoms with van der Waals surface area (Å²) in [7, 11) is 1.40. The highest BCUT2D eigenvalue weighted by Crippen LogP contribution is 2.36. The smallest absolute Gasteiger partial charge is 0.316 e. The third kappa shape index (κ3) is 3.84. The minimum atomic E-state index is -4.58. The van der Waals surface area contributed by atoms with Gasteiger partial charge in [-0.1, -0.05) is 17.7 Å². The SMILES string of the molecule is Cn1nc(C(=O)Nc2c(F)cccc2F)cc1-c1cc(C(F)(F)F)ccc1Cl. The average molecular weight is 416 g/mol. The van der Waals surface area contributed by atoms with Crippen LogP contribution in [-0.2, 0) is 13.2 Å². The van der Waals surface area contributed by atoms with Crippen molar-refractivity contribution in [1.29, 1.82) is 0 Å². The van der Waals surface area contributed by atoms with E-state index in [1.807, 2.05) is 0 Å². The quantitative estimate of drug-likeness (QED) is 0.591. The lowest BCUT2D eigenvalue weighted by Gasteiger charge is -2.10. The molecule has 10 heteroatoms. The Morgan fingerprint density at radius 3 is 2.36 bits per heavy atom. The first-order chi connectivity index (χ1) is 13.1. The average Bonchev–Trinajstić information content (AvgIpc) is 2.99. The van der Waals surface area contributed by atoms with Crippen molar-refractivity contribution in [1.82, 2.24) is 9.78 Å². The van der Waals surface area contributed by atoms with Crippen molar-refractivity contribution in [2.24, 2.45) is 7.05 Å². The Labute approximate surface area is 160 Å². The van der Waals surface area contributed by atoms with Crippen LogP contribution in [0, 0.1) is 11.6 Å². The second-order valence-electron chi connectivity index (χ2n) is 5.78. The highest BCUT2D eigenvalue weighted by atomic mass is 35.5. The van der Waals surface area contributed by atoms with E-state index in [9.17, 15) is 26.7 Å². The summed E-state index contributed by atoms with van der Waals surface area (Å²) in [5, 5.41) is 5.97. The van der Waals surface area contributed by atoms with Gasteiger partial charge in [0.2, 0.25) is 0 Å². The Balaban J connectivity index is 1.97. The van der Waals surface area contributed by atoms with Crippen molar-refractivity contribution in [3.63, 3.8) is 0 Å². The van der Waals surface area contributed by atoms with Crippen LogP contribution in [0.5, 0.6) is 0 Å². The topological polar surface area (TPSA) is 46.9 Å². The highest BCUT2D eigenvalue weighted by molar-refractivity contribution is 6.33. The van der Waals surface area contributed by atoms with Gasteiger partial charge in [-0.15, -0.1) is 0 Å². The molecule has 0 bridgehead atoms. The molecule has 1 heterocycles. The van der Waals surface area contributed by atoms with Gasteiger partial charge in [0.1, 0.15) is 17.3 Å². The van der Waals surface area contributed by atoms with Crippen molar-refractivity contribution in [3.05, 3.63) is 70.4 Å². The second kappa shape index (κ2) is 7.23. The van der Waals surface area contributed by atoms with Crippen LogP contribution >= 0.6 is 11.6 Å². The van der Waals surface area contributed by atoms with Crippen LogP contribution in [0.1, 0.15) is 16.1 Å². The number of nitrogens with one attached hydrogen (secondary N) is 1. The fraction of sp³-hybridized carbons (Fsp3) is 0.111. The summed E-state index contributed by atoms with van der Waals surface area (Å²) in [4.78, 5) is 12.3. The first-order valence-electron chi connectivity index (χ1n) is 7.74. The number of benzene rings is 2. The summed E-state index contributed by atoms with van der Waals surface area (Å²) < 4.78 is 67.4. The number of halogens is 6. The van der Waals surface area contributed by atoms with Gasteiger partial charge in [-0.25, -0.2) is 8.78 Å². The molecule has 0 saturated heterocycles. The van der Waals surface area contributed by atoms with E-state index < -0.39 is 35.0 Å². The molecular formula is C18H11ClF5N3O. The van der Waals surface area contributed by atoms with Crippen LogP contribution in [0.2, 0.25) is 5.02 Å². The summed E-state index contributed by atoms with van der Waals surface area (Å²) in [5.74, 6) is -2.90. The van der Waals surface area contributed by atoms with E-state index in [0.29, 0.717) is 0 Å². The van der Waals surface area contributed by atoms with Crippen molar-refractivity contribution in [2.75, 3.05) is 5.32 Å². The third-order valence-electron chi connectivity index (χ3n) is 3.88. The number of hydrogen-bond acceptors (Lipinski definition) is 2. The molecule has 3 aromatic rings. The molecule has 2 aromatic carbocycles. The maximum Gasteiger partial charge on any atom is 0.416 e. The predicted octanol–water partition coefficient (Wildman–Crippen LogP) is 5.29. The van der Waals surface area contributed by atoms with E-state index in [0.717, 1.165) is 41.1 Å². The van der Waals surface area contributed by atoms with E-state index in [2.05, 4.69) is 10.4 Å². The molecule has 28 heavy (non-hydrogen) atoms. The maximum atomic E-state index is 13.7. The van der Waals surface area contributed by atoms with Crippen LogP contribution in [0.4, 0.5) is 27.6 Å². The zero-order chi connectivity index (χ0) is 20.6. The van der Waals surface area contributed by atoms with Gasteiger partial charge in [-0.3, -0.25) is 9.48 Å². The van der Waals surface area contributed by atoms with E-state index >= 15 is 0 Å². The molecule has 146 valence electrons. The number of alkyl halides is 3. The summed E-state index contributed by atoms with van der Waals surface area (Å²) in [5.41, 5.74) is -1.71. The van der Waals surface area contributed by atoms with E-state index in [1.54, 1.807) is 0 Å². The molecular weight excluding hydrogens is 405 g/mol. The molecule has 1 aromatic heterocycles. The van der Waals surface area contributed by atoms with Gasteiger partial charge in [-0.05, 0) is 36.4 Å². The molecule has 0 aliphatic carbocycles. The normalized spacial score (nSPS) is 11.5. The number of carbonyl (C=O) groups is 1. The molecule has 0 radical (unpaired) electrons. The molecule has 0 aliphatic heterocycles. The minimum absolute atomic E-state index is 0.00242. The maximum absolute atomic E-state index is 13.7. The summed E-state index contributed by atoms with van der Waals surface area (Å²) in [6.07, 6.45) is -4.58. The van der Waals surface area contributed by atoms with Crippen molar-refractivity contribution < 1.29 is 26.7 Å². The van der Waals surface area contributed by atoms with Crippen molar-refractivity contribution >= 4 is 23.2 Å². The molecule has 0 aliphatic rings. The van der Waals surface area contributed by atoms with Gasteiger partial charge in [0.25, 0.3) is 5.91 Å². The number of para-hydroxylation sites is 1. The lowest BCUT2D eigenvalue weighted by Crippen LogP contribution is -2.15. The fourth-order valence-electron chi connectivity index (χ4n) is 2.52. The van der Waals surface area contributed by atoms with Crippen LogP contribution in [0.3, 0.4) is 0 Å². The predicted molar refractivity (Wildman–Crippen MR) is 93.0 cm³/mol. The number of amides is 1. The number of nitrogens with zero attached hydrogens (tertiary/aromatic N) is 2. The standard InChI is InChI=1S/C18H11ClF5N3O/c1-27-15(10-7-9(18(22,23)24)5-6-11(10)19)8-14(26-27)17(28)25-16-12(20)3-2-4-13(16)21/h2-8H,1H3,(H,25,28). The lowest BCUT2D eigenvalue weighted by molar-refractivity contribution is -0.137. The van der Waals surface area contributed by atoms with Crippen molar-refractivity contribution in [3.8, 4) is 11.3 Å². The molecule has 0 unspecified atom stereocenters. The molecule has 1 amide bonds. The van der Waals surface area contributed by atoms with Gasteiger partial charge in [0, 0.05) is 17.6 Å². The number of hydrogen-bond donors (Lipinski definition) is 1. The number of carbonyl (C=O) groups excluding carboxylic acids is 1. The van der Waals surface area contributed by atoms with Crippen LogP contribution in [0.25, 0.3) is 11.3 Å². The van der Waals surface area contributed by atoms with Crippen LogP contribution in [0.15, 0.2) is 42.5 Å². The minimum Gasteiger partial charge on any atom is -0.316 e. The molecule has 0 atom stereocenters. The Bertz CT molecular complexity index is 1040. The Hall–Kier alpha value is -2.94. The number of anilines is 1. The molecule has 0 saturated carbocycles. The zero-order valence-corrected chi connectivity index (χ0v) is 14.9. The van der Waals surface area contributed by atoms with E-state index in [1.165, 1.54) is 13.1 Å². The van der Waals surface area contributed by atoms with Gasteiger partial charge in [0.05, 0.1) is 11.3 Å². The van der Waals surface area contributed by atoms with Crippen LogP contribution in [-0.4, -0.2) is 15.7 Å². The highest BCUT2D eigenvalue weighted by Gasteiger charge is 2.31. The van der Waals surface area contributed by atoms with Gasteiger partial charge in [0.15, 0.2) is 5.69 Å².